The minimum absolute atomic E-state index is 0.00868. The fourth-order valence-corrected chi connectivity index (χ4v) is 2.63. The predicted molar refractivity (Wildman–Crippen MR) is 55.4 cm³/mol. The lowest BCUT2D eigenvalue weighted by atomic mass is 9.55. The highest BCUT2D eigenvalue weighted by Gasteiger charge is 2.54. The Hall–Kier alpha value is -0.0800. The highest BCUT2D eigenvalue weighted by molar-refractivity contribution is 5.08. The van der Waals surface area contributed by atoms with Crippen LogP contribution in [0.5, 0.6) is 0 Å². The van der Waals surface area contributed by atoms with E-state index in [0.29, 0.717) is 0 Å². The maximum Gasteiger partial charge on any atom is 0.0813 e. The second kappa shape index (κ2) is 2.71. The van der Waals surface area contributed by atoms with Gasteiger partial charge >= 0.3 is 0 Å². The summed E-state index contributed by atoms with van der Waals surface area (Å²) in [5.74, 6) is 0. The molecule has 1 aliphatic rings. The van der Waals surface area contributed by atoms with Crippen LogP contribution in [0.1, 0.15) is 47.5 Å². The predicted octanol–water partition coefficient (Wildman–Crippen LogP) is 1.91. The van der Waals surface area contributed by atoms with E-state index in [1.807, 2.05) is 0 Å². The summed E-state index contributed by atoms with van der Waals surface area (Å²) >= 11 is 0. The lowest BCUT2D eigenvalue weighted by molar-refractivity contribution is -0.146. The van der Waals surface area contributed by atoms with E-state index >= 15 is 0 Å². The van der Waals surface area contributed by atoms with Crippen LogP contribution in [0.3, 0.4) is 0 Å². The molecule has 0 radical (unpaired) electrons. The SMILES string of the molecule is CC1(C)CC(O)(C(N)C(C)(C)C)C1. The molecule has 0 bridgehead atoms. The van der Waals surface area contributed by atoms with E-state index in [9.17, 15) is 5.11 Å². The van der Waals surface area contributed by atoms with E-state index < -0.39 is 5.60 Å². The fraction of sp³-hybridized carbons (Fsp3) is 1.00. The molecule has 1 unspecified atom stereocenters. The number of hydrogen-bond donors (Lipinski definition) is 2. The van der Waals surface area contributed by atoms with E-state index in [4.69, 9.17) is 5.73 Å². The van der Waals surface area contributed by atoms with Crippen molar-refractivity contribution in [2.45, 2.75) is 59.1 Å². The topological polar surface area (TPSA) is 46.2 Å². The Morgan fingerprint density at radius 1 is 1.23 bits per heavy atom. The van der Waals surface area contributed by atoms with Crippen LogP contribution in [0.4, 0.5) is 0 Å². The summed E-state index contributed by atoms with van der Waals surface area (Å²) in [6, 6.07) is -0.118. The third-order valence-corrected chi connectivity index (χ3v) is 3.08. The minimum atomic E-state index is -0.623. The Balaban J connectivity index is 2.65. The largest absolute Gasteiger partial charge is 0.388 e. The summed E-state index contributed by atoms with van der Waals surface area (Å²) in [4.78, 5) is 0. The lowest BCUT2D eigenvalue weighted by Crippen LogP contribution is -2.63. The van der Waals surface area contributed by atoms with Crippen molar-refractivity contribution in [3.05, 3.63) is 0 Å². The van der Waals surface area contributed by atoms with Crippen LogP contribution < -0.4 is 5.73 Å². The molecule has 3 N–H and O–H groups in total. The molecule has 0 heterocycles. The third-order valence-electron chi connectivity index (χ3n) is 3.08. The van der Waals surface area contributed by atoms with Crippen molar-refractivity contribution in [3.8, 4) is 0 Å². The second-order valence-electron chi connectivity index (χ2n) is 6.47. The molecule has 2 heteroatoms. The summed E-state index contributed by atoms with van der Waals surface area (Å²) in [6.07, 6.45) is 1.66. The van der Waals surface area contributed by atoms with Gasteiger partial charge in [0.05, 0.1) is 5.60 Å². The Labute approximate surface area is 81.5 Å². The zero-order chi connectivity index (χ0) is 10.5. The Morgan fingerprint density at radius 3 is 1.85 bits per heavy atom. The maximum atomic E-state index is 10.2. The molecule has 13 heavy (non-hydrogen) atoms. The molecule has 0 aliphatic heterocycles. The van der Waals surface area contributed by atoms with Gasteiger partial charge in [-0.3, -0.25) is 0 Å². The van der Waals surface area contributed by atoms with Crippen molar-refractivity contribution >= 4 is 0 Å². The maximum absolute atomic E-state index is 10.2. The van der Waals surface area contributed by atoms with Crippen molar-refractivity contribution in [1.82, 2.24) is 0 Å². The number of hydrogen-bond acceptors (Lipinski definition) is 2. The molecular formula is C11H23NO. The summed E-state index contributed by atoms with van der Waals surface area (Å²) in [6.45, 7) is 10.6. The molecule has 0 aromatic rings. The van der Waals surface area contributed by atoms with Gasteiger partial charge in [-0.05, 0) is 23.7 Å². The number of aliphatic hydroxyl groups is 1. The van der Waals surface area contributed by atoms with Gasteiger partial charge in [0, 0.05) is 6.04 Å². The first kappa shape index (κ1) is 11.0. The fourth-order valence-electron chi connectivity index (χ4n) is 2.63. The number of rotatable bonds is 1. The standard InChI is InChI=1S/C11H23NO/c1-9(2,3)8(12)11(13)6-10(4,5)7-11/h8,13H,6-7,12H2,1-5H3. The molecular weight excluding hydrogens is 162 g/mol. The van der Waals surface area contributed by atoms with Crippen LogP contribution in [0.25, 0.3) is 0 Å². The van der Waals surface area contributed by atoms with Gasteiger partial charge in [0.15, 0.2) is 0 Å². The molecule has 1 saturated carbocycles. The van der Waals surface area contributed by atoms with Crippen molar-refractivity contribution in [1.29, 1.82) is 0 Å². The van der Waals surface area contributed by atoms with Gasteiger partial charge < -0.3 is 10.8 Å². The van der Waals surface area contributed by atoms with Crippen LogP contribution in [0.15, 0.2) is 0 Å². The monoisotopic (exact) mass is 185 g/mol. The molecule has 2 nitrogen and oxygen atoms in total. The molecule has 0 aromatic carbocycles. The van der Waals surface area contributed by atoms with Gasteiger partial charge in [-0.1, -0.05) is 34.6 Å². The van der Waals surface area contributed by atoms with E-state index in [0.717, 1.165) is 12.8 Å². The molecule has 1 aliphatic carbocycles. The average Bonchev–Trinajstić information content (AvgIpc) is 1.79. The van der Waals surface area contributed by atoms with Crippen LogP contribution in [-0.4, -0.2) is 16.7 Å². The van der Waals surface area contributed by atoms with Crippen molar-refractivity contribution in [3.63, 3.8) is 0 Å². The van der Waals surface area contributed by atoms with Crippen molar-refractivity contribution in [2.75, 3.05) is 0 Å². The average molecular weight is 185 g/mol. The van der Waals surface area contributed by atoms with Gasteiger partial charge in [-0.2, -0.15) is 0 Å². The molecule has 0 amide bonds. The van der Waals surface area contributed by atoms with Gasteiger partial charge in [0.1, 0.15) is 0 Å². The van der Waals surface area contributed by atoms with Crippen LogP contribution in [0, 0.1) is 10.8 Å². The highest BCUT2D eigenvalue weighted by Crippen LogP contribution is 2.51. The Kier molecular flexibility index (Phi) is 2.29. The van der Waals surface area contributed by atoms with E-state index in [1.165, 1.54) is 0 Å². The minimum Gasteiger partial charge on any atom is -0.388 e. The van der Waals surface area contributed by atoms with E-state index in [-0.39, 0.29) is 16.9 Å². The van der Waals surface area contributed by atoms with Gasteiger partial charge in [0.25, 0.3) is 0 Å². The molecule has 1 fully saturated rings. The van der Waals surface area contributed by atoms with Gasteiger partial charge in [-0.15, -0.1) is 0 Å². The van der Waals surface area contributed by atoms with Crippen molar-refractivity contribution in [2.24, 2.45) is 16.6 Å². The third kappa shape index (κ3) is 2.05. The van der Waals surface area contributed by atoms with Gasteiger partial charge in [-0.25, -0.2) is 0 Å². The van der Waals surface area contributed by atoms with Gasteiger partial charge in [0.2, 0.25) is 0 Å². The first-order valence-corrected chi connectivity index (χ1v) is 5.05. The Morgan fingerprint density at radius 2 is 1.62 bits per heavy atom. The van der Waals surface area contributed by atoms with Crippen molar-refractivity contribution < 1.29 is 5.11 Å². The Bertz CT molecular complexity index is 195. The molecule has 1 rings (SSSR count). The first-order valence-electron chi connectivity index (χ1n) is 5.05. The molecule has 0 saturated heterocycles. The quantitative estimate of drug-likeness (QED) is 0.655. The highest BCUT2D eigenvalue weighted by atomic mass is 16.3. The molecule has 78 valence electrons. The zero-order valence-electron chi connectivity index (χ0n) is 9.52. The van der Waals surface area contributed by atoms with Crippen LogP contribution in [-0.2, 0) is 0 Å². The van der Waals surface area contributed by atoms with Crippen LogP contribution in [0.2, 0.25) is 0 Å². The normalized spacial score (nSPS) is 27.9. The van der Waals surface area contributed by atoms with Crippen LogP contribution >= 0.6 is 0 Å². The molecule has 0 aromatic heterocycles. The van der Waals surface area contributed by atoms with E-state index in [2.05, 4.69) is 34.6 Å². The summed E-state index contributed by atoms with van der Waals surface area (Å²) in [5.41, 5.74) is 5.70. The smallest absolute Gasteiger partial charge is 0.0813 e. The first-order chi connectivity index (χ1) is 5.57. The molecule has 0 spiro atoms. The summed E-state index contributed by atoms with van der Waals surface area (Å²) in [5, 5.41) is 10.2. The zero-order valence-corrected chi connectivity index (χ0v) is 9.52. The summed E-state index contributed by atoms with van der Waals surface area (Å²) in [7, 11) is 0. The number of nitrogens with two attached hydrogens (primary N) is 1. The second-order valence-corrected chi connectivity index (χ2v) is 6.47. The summed E-state index contributed by atoms with van der Waals surface area (Å²) < 4.78 is 0. The lowest BCUT2D eigenvalue weighted by Gasteiger charge is -2.55. The molecule has 1 atom stereocenters. The van der Waals surface area contributed by atoms with E-state index in [1.54, 1.807) is 0 Å².